The van der Waals surface area contributed by atoms with Crippen LogP contribution >= 0.6 is 0 Å². The molecule has 5 nitrogen and oxygen atoms in total. The topological polar surface area (TPSA) is 64.4 Å². The van der Waals surface area contributed by atoms with E-state index in [0.29, 0.717) is 11.4 Å². The molecular formula is C10H14N2O3. The largest absolute Gasteiger partial charge is 0.484 e. The molecule has 0 aromatic heterocycles. The van der Waals surface area contributed by atoms with E-state index in [1.54, 1.807) is 25.2 Å². The van der Waals surface area contributed by atoms with Crippen LogP contribution in [0.4, 0.5) is 11.4 Å². The Labute approximate surface area is 88.2 Å². The van der Waals surface area contributed by atoms with Gasteiger partial charge in [-0.15, -0.1) is 0 Å². The van der Waals surface area contributed by atoms with Crippen LogP contribution in [0.15, 0.2) is 18.2 Å². The summed E-state index contributed by atoms with van der Waals surface area (Å²) in [6, 6.07) is 4.96. The van der Waals surface area contributed by atoms with Crippen LogP contribution in [0, 0.1) is 10.1 Å². The summed E-state index contributed by atoms with van der Waals surface area (Å²) in [5.41, 5.74) is 0.437. The molecule has 0 saturated heterocycles. The van der Waals surface area contributed by atoms with E-state index in [1.807, 2.05) is 13.8 Å². The van der Waals surface area contributed by atoms with Gasteiger partial charge in [-0.1, -0.05) is 6.07 Å². The van der Waals surface area contributed by atoms with Crippen molar-refractivity contribution in [2.24, 2.45) is 0 Å². The molecule has 1 N–H and O–H groups in total. The van der Waals surface area contributed by atoms with Gasteiger partial charge >= 0.3 is 5.69 Å². The van der Waals surface area contributed by atoms with Crippen LogP contribution in [0.2, 0.25) is 0 Å². The summed E-state index contributed by atoms with van der Waals surface area (Å²) >= 11 is 0. The molecule has 0 aliphatic carbocycles. The average molecular weight is 210 g/mol. The Morgan fingerprint density at radius 1 is 1.47 bits per heavy atom. The molecule has 82 valence electrons. The third-order valence-electron chi connectivity index (χ3n) is 1.81. The number of benzene rings is 1. The van der Waals surface area contributed by atoms with Gasteiger partial charge in [0.05, 0.1) is 11.0 Å². The second-order valence-corrected chi connectivity index (χ2v) is 3.33. The number of nitro groups is 1. The van der Waals surface area contributed by atoms with Crippen molar-refractivity contribution in [1.29, 1.82) is 0 Å². The summed E-state index contributed by atoms with van der Waals surface area (Å²) in [4.78, 5) is 10.4. The zero-order valence-corrected chi connectivity index (χ0v) is 8.98. The zero-order chi connectivity index (χ0) is 11.4. The van der Waals surface area contributed by atoms with Crippen molar-refractivity contribution in [2.45, 2.75) is 20.0 Å². The number of nitro benzene ring substituents is 1. The van der Waals surface area contributed by atoms with Crippen molar-refractivity contribution < 1.29 is 9.66 Å². The molecule has 15 heavy (non-hydrogen) atoms. The predicted molar refractivity (Wildman–Crippen MR) is 58.4 cm³/mol. The Kier molecular flexibility index (Phi) is 3.49. The van der Waals surface area contributed by atoms with Crippen LogP contribution in [-0.4, -0.2) is 18.1 Å². The van der Waals surface area contributed by atoms with Gasteiger partial charge in [-0.05, 0) is 26.0 Å². The first-order valence-corrected chi connectivity index (χ1v) is 4.68. The van der Waals surface area contributed by atoms with Crippen molar-refractivity contribution in [3.8, 4) is 5.75 Å². The highest BCUT2D eigenvalue weighted by Crippen LogP contribution is 2.34. The van der Waals surface area contributed by atoms with E-state index >= 15 is 0 Å². The molecule has 0 saturated carbocycles. The number of ether oxygens (including phenoxy) is 1. The molecule has 0 radical (unpaired) electrons. The monoisotopic (exact) mass is 210 g/mol. The van der Waals surface area contributed by atoms with E-state index in [4.69, 9.17) is 4.74 Å². The molecule has 1 rings (SSSR count). The molecule has 5 heteroatoms. The molecule has 0 spiro atoms. The maximum absolute atomic E-state index is 10.9. The SMILES string of the molecule is CNc1cccc(OC(C)C)c1[N+](=O)[O-]. The highest BCUT2D eigenvalue weighted by Gasteiger charge is 2.20. The van der Waals surface area contributed by atoms with Gasteiger partial charge in [0.1, 0.15) is 5.69 Å². The van der Waals surface area contributed by atoms with E-state index in [9.17, 15) is 10.1 Å². The zero-order valence-electron chi connectivity index (χ0n) is 8.98. The first-order valence-electron chi connectivity index (χ1n) is 4.68. The van der Waals surface area contributed by atoms with Gasteiger partial charge in [0.2, 0.25) is 0 Å². The number of anilines is 1. The second kappa shape index (κ2) is 4.63. The summed E-state index contributed by atoms with van der Waals surface area (Å²) < 4.78 is 5.37. The van der Waals surface area contributed by atoms with Crippen LogP contribution in [0.5, 0.6) is 5.75 Å². The summed E-state index contributed by atoms with van der Waals surface area (Å²) in [6.45, 7) is 3.66. The van der Waals surface area contributed by atoms with Gasteiger partial charge in [0, 0.05) is 7.05 Å². The Morgan fingerprint density at radius 2 is 2.13 bits per heavy atom. The summed E-state index contributed by atoms with van der Waals surface area (Å²) in [5.74, 6) is 0.293. The molecular weight excluding hydrogens is 196 g/mol. The van der Waals surface area contributed by atoms with Crippen molar-refractivity contribution in [1.82, 2.24) is 0 Å². The molecule has 0 bridgehead atoms. The van der Waals surface area contributed by atoms with Gasteiger partial charge in [-0.3, -0.25) is 10.1 Å². The maximum atomic E-state index is 10.9. The Bertz CT molecular complexity index is 364. The van der Waals surface area contributed by atoms with E-state index < -0.39 is 4.92 Å². The van der Waals surface area contributed by atoms with E-state index in [0.717, 1.165) is 0 Å². The van der Waals surface area contributed by atoms with Crippen LogP contribution in [0.25, 0.3) is 0 Å². The normalized spacial score (nSPS) is 10.1. The van der Waals surface area contributed by atoms with Crippen LogP contribution in [0.1, 0.15) is 13.8 Å². The first kappa shape index (κ1) is 11.3. The predicted octanol–water partition coefficient (Wildman–Crippen LogP) is 2.42. The minimum atomic E-state index is -0.441. The Balaban J connectivity index is 3.19. The lowest BCUT2D eigenvalue weighted by Gasteiger charge is -2.11. The lowest BCUT2D eigenvalue weighted by molar-refractivity contribution is -0.385. The van der Waals surface area contributed by atoms with E-state index in [-0.39, 0.29) is 11.8 Å². The molecule has 0 fully saturated rings. The molecule has 0 aliphatic rings. The number of rotatable bonds is 4. The fourth-order valence-corrected chi connectivity index (χ4v) is 1.26. The van der Waals surface area contributed by atoms with Crippen LogP contribution in [0.3, 0.4) is 0 Å². The third kappa shape index (κ3) is 2.59. The quantitative estimate of drug-likeness (QED) is 0.612. The van der Waals surface area contributed by atoms with Gasteiger partial charge < -0.3 is 10.1 Å². The summed E-state index contributed by atoms with van der Waals surface area (Å²) in [6.07, 6.45) is -0.0872. The standard InChI is InChI=1S/C10H14N2O3/c1-7(2)15-9-6-4-5-8(11-3)10(9)12(13)14/h4-7,11H,1-3H3. The number of nitrogens with one attached hydrogen (secondary N) is 1. The second-order valence-electron chi connectivity index (χ2n) is 3.33. The minimum absolute atomic E-state index is 0.0197. The lowest BCUT2D eigenvalue weighted by Crippen LogP contribution is -2.08. The first-order chi connectivity index (χ1) is 7.06. The van der Waals surface area contributed by atoms with Crippen LogP contribution < -0.4 is 10.1 Å². The smallest absolute Gasteiger partial charge is 0.333 e. The maximum Gasteiger partial charge on any atom is 0.333 e. The number of hydrogen-bond acceptors (Lipinski definition) is 4. The van der Waals surface area contributed by atoms with E-state index in [1.165, 1.54) is 0 Å². The fraction of sp³-hybridized carbons (Fsp3) is 0.400. The van der Waals surface area contributed by atoms with Gasteiger partial charge in [0.25, 0.3) is 0 Å². The average Bonchev–Trinajstić information content (AvgIpc) is 2.15. The van der Waals surface area contributed by atoms with Gasteiger partial charge in [-0.25, -0.2) is 0 Å². The van der Waals surface area contributed by atoms with Crippen LogP contribution in [-0.2, 0) is 0 Å². The fourth-order valence-electron chi connectivity index (χ4n) is 1.26. The summed E-state index contributed by atoms with van der Waals surface area (Å²) in [5, 5.41) is 13.6. The molecule has 0 unspecified atom stereocenters. The third-order valence-corrected chi connectivity index (χ3v) is 1.81. The van der Waals surface area contributed by atoms with Crippen molar-refractivity contribution in [3.05, 3.63) is 28.3 Å². The molecule has 0 amide bonds. The van der Waals surface area contributed by atoms with Crippen molar-refractivity contribution in [3.63, 3.8) is 0 Å². The number of nitrogens with zero attached hydrogens (tertiary/aromatic N) is 1. The molecule has 1 aromatic rings. The highest BCUT2D eigenvalue weighted by atomic mass is 16.6. The van der Waals surface area contributed by atoms with Gasteiger partial charge in [-0.2, -0.15) is 0 Å². The highest BCUT2D eigenvalue weighted by molar-refractivity contribution is 5.68. The number of para-hydroxylation sites is 1. The van der Waals surface area contributed by atoms with Gasteiger partial charge in [0.15, 0.2) is 5.75 Å². The molecule has 0 aliphatic heterocycles. The summed E-state index contributed by atoms with van der Waals surface area (Å²) in [7, 11) is 1.64. The van der Waals surface area contributed by atoms with Crippen molar-refractivity contribution in [2.75, 3.05) is 12.4 Å². The molecule has 0 atom stereocenters. The van der Waals surface area contributed by atoms with Crippen molar-refractivity contribution >= 4 is 11.4 Å². The molecule has 0 heterocycles. The Morgan fingerprint density at radius 3 is 2.60 bits per heavy atom. The van der Waals surface area contributed by atoms with E-state index in [2.05, 4.69) is 5.32 Å². The minimum Gasteiger partial charge on any atom is -0.484 e. The Hall–Kier alpha value is -1.78. The molecule has 1 aromatic carbocycles. The lowest BCUT2D eigenvalue weighted by atomic mass is 10.2. The number of hydrogen-bond donors (Lipinski definition) is 1.